The van der Waals surface area contributed by atoms with Crippen LogP contribution in [-0.4, -0.2) is 14.8 Å². The number of aryl methyl sites for hydroxylation is 1. The minimum absolute atomic E-state index is 0.330. The van der Waals surface area contributed by atoms with Gasteiger partial charge in [0.25, 0.3) is 0 Å². The molecule has 0 aliphatic heterocycles. The van der Waals surface area contributed by atoms with E-state index in [0.29, 0.717) is 11.1 Å². The van der Waals surface area contributed by atoms with Crippen molar-refractivity contribution >= 4 is 11.0 Å². The average molecular weight is 303 g/mol. The molecule has 2 aromatic heterocycles. The molecule has 23 heavy (non-hydrogen) atoms. The van der Waals surface area contributed by atoms with Gasteiger partial charge in [0, 0.05) is 11.1 Å². The third-order valence-corrected chi connectivity index (χ3v) is 3.86. The Morgan fingerprint density at radius 3 is 2.52 bits per heavy atom. The normalized spacial score (nSPS) is 11.0. The fraction of sp³-hybridized carbons (Fsp3) is 0.0556. The molecule has 0 aliphatic rings. The summed E-state index contributed by atoms with van der Waals surface area (Å²) in [6.07, 6.45) is 3.28. The van der Waals surface area contributed by atoms with Crippen molar-refractivity contribution in [2.45, 2.75) is 6.92 Å². The number of benzene rings is 2. The van der Waals surface area contributed by atoms with Crippen LogP contribution in [0.15, 0.2) is 70.4 Å². The Bertz CT molecular complexity index is 1050. The van der Waals surface area contributed by atoms with Gasteiger partial charge >= 0.3 is 5.63 Å². The van der Waals surface area contributed by atoms with Gasteiger partial charge in [-0.05, 0) is 42.3 Å². The molecule has 0 N–H and O–H groups in total. The molecule has 0 radical (unpaired) electrons. The van der Waals surface area contributed by atoms with Crippen LogP contribution in [0.25, 0.3) is 27.8 Å². The van der Waals surface area contributed by atoms with E-state index in [9.17, 15) is 4.79 Å². The zero-order valence-corrected chi connectivity index (χ0v) is 12.4. The van der Waals surface area contributed by atoms with Gasteiger partial charge in [0.2, 0.25) is 0 Å². The Labute approximate surface area is 131 Å². The molecule has 0 unspecified atom stereocenters. The summed E-state index contributed by atoms with van der Waals surface area (Å²) in [7, 11) is 0. The minimum atomic E-state index is -0.330. The Balaban J connectivity index is 1.88. The van der Waals surface area contributed by atoms with E-state index in [2.05, 4.69) is 10.2 Å². The molecule has 0 saturated carbocycles. The summed E-state index contributed by atoms with van der Waals surface area (Å²) < 4.78 is 7.24. The van der Waals surface area contributed by atoms with Gasteiger partial charge in [-0.25, -0.2) is 4.79 Å². The summed E-state index contributed by atoms with van der Waals surface area (Å²) in [6.45, 7) is 1.97. The molecule has 2 heterocycles. The molecule has 4 rings (SSSR count). The minimum Gasteiger partial charge on any atom is -0.422 e. The fourth-order valence-corrected chi connectivity index (χ4v) is 2.69. The van der Waals surface area contributed by atoms with Crippen LogP contribution in [0.4, 0.5) is 0 Å². The number of fused-ring (bicyclic) bond motifs is 1. The van der Waals surface area contributed by atoms with Crippen LogP contribution in [0.3, 0.4) is 0 Å². The largest absolute Gasteiger partial charge is 0.422 e. The average Bonchev–Trinajstić information content (AvgIpc) is 3.09. The molecule has 4 aromatic rings. The highest BCUT2D eigenvalue weighted by Gasteiger charge is 2.11. The Morgan fingerprint density at radius 2 is 1.74 bits per heavy atom. The van der Waals surface area contributed by atoms with Gasteiger partial charge in [-0.3, -0.25) is 4.57 Å². The van der Waals surface area contributed by atoms with Crippen molar-refractivity contribution in [1.82, 2.24) is 14.8 Å². The van der Waals surface area contributed by atoms with Gasteiger partial charge in [-0.15, -0.1) is 10.2 Å². The lowest BCUT2D eigenvalue weighted by molar-refractivity contribution is 0.563. The van der Waals surface area contributed by atoms with Crippen molar-refractivity contribution in [2.24, 2.45) is 0 Å². The smallest absolute Gasteiger partial charge is 0.344 e. The lowest BCUT2D eigenvalue weighted by Crippen LogP contribution is -2.04. The van der Waals surface area contributed by atoms with Crippen molar-refractivity contribution in [1.29, 1.82) is 0 Å². The highest BCUT2D eigenvalue weighted by atomic mass is 16.4. The maximum atomic E-state index is 12.3. The number of nitrogens with zero attached hydrogens (tertiary/aromatic N) is 3. The highest BCUT2D eigenvalue weighted by molar-refractivity contribution is 5.82. The molecular weight excluding hydrogens is 290 g/mol. The first-order valence-corrected chi connectivity index (χ1v) is 7.21. The molecule has 112 valence electrons. The van der Waals surface area contributed by atoms with Crippen LogP contribution in [0, 0.1) is 6.92 Å². The zero-order valence-electron chi connectivity index (χ0n) is 12.4. The second-order valence-electron chi connectivity index (χ2n) is 5.35. The lowest BCUT2D eigenvalue weighted by atomic mass is 10.0. The van der Waals surface area contributed by atoms with Gasteiger partial charge in [-0.1, -0.05) is 24.3 Å². The molecule has 0 saturated heterocycles. The predicted molar refractivity (Wildman–Crippen MR) is 87.6 cm³/mol. The van der Waals surface area contributed by atoms with E-state index >= 15 is 0 Å². The third kappa shape index (κ3) is 2.32. The van der Waals surface area contributed by atoms with Crippen LogP contribution in [0.5, 0.6) is 0 Å². The van der Waals surface area contributed by atoms with Crippen molar-refractivity contribution in [3.8, 4) is 16.8 Å². The quantitative estimate of drug-likeness (QED) is 0.533. The number of hydrogen-bond donors (Lipinski definition) is 0. The molecule has 0 fully saturated rings. The highest BCUT2D eigenvalue weighted by Crippen LogP contribution is 2.25. The van der Waals surface area contributed by atoms with Gasteiger partial charge in [0.1, 0.15) is 18.2 Å². The van der Waals surface area contributed by atoms with E-state index < -0.39 is 0 Å². The standard InChI is InChI=1S/C18H13N3O2/c1-12-8-14(21-10-19-20-11-21)6-7-15(12)16-9-13-4-2-3-5-17(13)23-18(16)22/h2-11H,1H3. The van der Waals surface area contributed by atoms with Gasteiger partial charge in [0.15, 0.2) is 0 Å². The summed E-state index contributed by atoms with van der Waals surface area (Å²) in [5.41, 5.74) is 3.63. The maximum Gasteiger partial charge on any atom is 0.344 e. The van der Waals surface area contributed by atoms with Crippen molar-refractivity contribution < 1.29 is 4.42 Å². The summed E-state index contributed by atoms with van der Waals surface area (Å²) >= 11 is 0. The van der Waals surface area contributed by atoms with E-state index in [0.717, 1.165) is 22.2 Å². The Morgan fingerprint density at radius 1 is 0.957 bits per heavy atom. The summed E-state index contributed by atoms with van der Waals surface area (Å²) in [4.78, 5) is 12.3. The van der Waals surface area contributed by atoms with Gasteiger partial charge in [-0.2, -0.15) is 0 Å². The van der Waals surface area contributed by atoms with Crippen molar-refractivity contribution in [3.63, 3.8) is 0 Å². The molecule has 0 amide bonds. The number of hydrogen-bond acceptors (Lipinski definition) is 4. The van der Waals surface area contributed by atoms with Crippen molar-refractivity contribution in [2.75, 3.05) is 0 Å². The van der Waals surface area contributed by atoms with Crippen LogP contribution >= 0.6 is 0 Å². The van der Waals surface area contributed by atoms with E-state index in [1.165, 1.54) is 0 Å². The summed E-state index contributed by atoms with van der Waals surface area (Å²) in [6, 6.07) is 15.2. The van der Waals surface area contributed by atoms with E-state index in [1.807, 2.05) is 54.0 Å². The molecule has 0 spiro atoms. The summed E-state index contributed by atoms with van der Waals surface area (Å²) in [5, 5.41) is 8.52. The number of para-hydroxylation sites is 1. The first-order chi connectivity index (χ1) is 11.2. The van der Waals surface area contributed by atoms with Crippen LogP contribution in [-0.2, 0) is 0 Å². The van der Waals surface area contributed by atoms with Crippen LogP contribution in [0.1, 0.15) is 5.56 Å². The predicted octanol–water partition coefficient (Wildman–Crippen LogP) is 3.35. The first-order valence-electron chi connectivity index (χ1n) is 7.21. The molecule has 0 aliphatic carbocycles. The monoisotopic (exact) mass is 303 g/mol. The first kappa shape index (κ1) is 13.5. The second-order valence-corrected chi connectivity index (χ2v) is 5.35. The fourth-order valence-electron chi connectivity index (χ4n) is 2.69. The molecule has 5 heteroatoms. The molecule has 2 aromatic carbocycles. The maximum absolute atomic E-state index is 12.3. The molecular formula is C18H13N3O2. The topological polar surface area (TPSA) is 60.9 Å². The Kier molecular flexibility index (Phi) is 3.05. The lowest BCUT2D eigenvalue weighted by Gasteiger charge is -2.09. The van der Waals surface area contributed by atoms with Gasteiger partial charge < -0.3 is 4.42 Å². The SMILES string of the molecule is Cc1cc(-n2cnnc2)ccc1-c1cc2ccccc2oc1=O. The van der Waals surface area contributed by atoms with E-state index in [1.54, 1.807) is 18.7 Å². The number of aromatic nitrogens is 3. The zero-order chi connectivity index (χ0) is 15.8. The van der Waals surface area contributed by atoms with Crippen molar-refractivity contribution in [3.05, 3.63) is 77.2 Å². The molecule has 0 bridgehead atoms. The second kappa shape index (κ2) is 5.21. The summed E-state index contributed by atoms with van der Waals surface area (Å²) in [5.74, 6) is 0. The van der Waals surface area contributed by atoms with E-state index in [4.69, 9.17) is 4.42 Å². The third-order valence-electron chi connectivity index (χ3n) is 3.86. The molecule has 5 nitrogen and oxygen atoms in total. The molecule has 0 atom stereocenters. The van der Waals surface area contributed by atoms with Gasteiger partial charge in [0.05, 0.1) is 5.56 Å². The number of rotatable bonds is 2. The van der Waals surface area contributed by atoms with Crippen LogP contribution in [0.2, 0.25) is 0 Å². The van der Waals surface area contributed by atoms with E-state index in [-0.39, 0.29) is 5.63 Å². The Hall–Kier alpha value is -3.21. The van der Waals surface area contributed by atoms with Crippen LogP contribution < -0.4 is 5.63 Å².